The molecule has 104 valence electrons. The van der Waals surface area contributed by atoms with Crippen LogP contribution >= 0.6 is 11.3 Å². The molecule has 2 N–H and O–H groups in total. The van der Waals surface area contributed by atoms with E-state index in [1.165, 1.54) is 16.9 Å². The lowest BCUT2D eigenvalue weighted by Gasteiger charge is -2.17. The Kier molecular flexibility index (Phi) is 3.49. The van der Waals surface area contributed by atoms with Gasteiger partial charge >= 0.3 is 0 Å². The molecule has 20 heavy (non-hydrogen) atoms. The van der Waals surface area contributed by atoms with Crippen LogP contribution in [0.2, 0.25) is 0 Å². The maximum atomic E-state index is 12.5. The standard InChI is InChI=1S/C16H18N2OS/c1-18(10-12-5-2-3-7-13(12)17)16(19)15-9-11-6-4-8-14(11)20-15/h2-3,5,7,9H,4,6,8,10,17H2,1H3. The summed E-state index contributed by atoms with van der Waals surface area (Å²) < 4.78 is 0. The second-order valence-corrected chi connectivity index (χ2v) is 6.41. The first kappa shape index (κ1) is 13.2. The number of hydrogen-bond donors (Lipinski definition) is 1. The predicted octanol–water partition coefficient (Wildman–Crippen LogP) is 3.09. The van der Waals surface area contributed by atoms with Gasteiger partial charge in [-0.1, -0.05) is 18.2 Å². The van der Waals surface area contributed by atoms with Gasteiger partial charge in [0.05, 0.1) is 4.88 Å². The smallest absolute Gasteiger partial charge is 0.263 e. The van der Waals surface area contributed by atoms with E-state index < -0.39 is 0 Å². The van der Waals surface area contributed by atoms with E-state index >= 15 is 0 Å². The minimum absolute atomic E-state index is 0.0904. The third-order valence-electron chi connectivity index (χ3n) is 3.77. The Morgan fingerprint density at radius 1 is 1.35 bits per heavy atom. The molecule has 1 aliphatic carbocycles. The van der Waals surface area contributed by atoms with Gasteiger partial charge in [-0.25, -0.2) is 0 Å². The van der Waals surface area contributed by atoms with E-state index in [1.807, 2.05) is 31.3 Å². The van der Waals surface area contributed by atoms with Crippen LogP contribution in [0.15, 0.2) is 30.3 Å². The summed E-state index contributed by atoms with van der Waals surface area (Å²) in [5.41, 5.74) is 9.03. The molecule has 3 nitrogen and oxygen atoms in total. The van der Waals surface area contributed by atoms with Gasteiger partial charge in [0, 0.05) is 24.2 Å². The van der Waals surface area contributed by atoms with E-state index in [0.29, 0.717) is 6.54 Å². The number of nitrogen functional groups attached to an aromatic ring is 1. The van der Waals surface area contributed by atoms with Gasteiger partial charge in [0.1, 0.15) is 0 Å². The average molecular weight is 286 g/mol. The van der Waals surface area contributed by atoms with E-state index in [0.717, 1.165) is 29.0 Å². The largest absolute Gasteiger partial charge is 0.398 e. The first-order valence-corrected chi connectivity index (χ1v) is 7.67. The number of amides is 1. The molecule has 0 radical (unpaired) electrons. The van der Waals surface area contributed by atoms with Crippen molar-refractivity contribution in [1.82, 2.24) is 4.90 Å². The molecular formula is C16H18N2OS. The zero-order chi connectivity index (χ0) is 14.1. The van der Waals surface area contributed by atoms with Gasteiger partial charge in [0.25, 0.3) is 5.91 Å². The summed E-state index contributed by atoms with van der Waals surface area (Å²) in [5.74, 6) is 0.0904. The van der Waals surface area contributed by atoms with Crippen LogP contribution in [0.5, 0.6) is 0 Å². The van der Waals surface area contributed by atoms with E-state index in [4.69, 9.17) is 5.73 Å². The molecule has 1 aliphatic rings. The van der Waals surface area contributed by atoms with Crippen molar-refractivity contribution in [3.8, 4) is 0 Å². The van der Waals surface area contributed by atoms with Gasteiger partial charge in [0.2, 0.25) is 0 Å². The molecule has 2 aromatic rings. The Morgan fingerprint density at radius 3 is 2.90 bits per heavy atom. The minimum Gasteiger partial charge on any atom is -0.398 e. The Hall–Kier alpha value is -1.81. The zero-order valence-electron chi connectivity index (χ0n) is 11.6. The van der Waals surface area contributed by atoms with Gasteiger partial charge in [-0.2, -0.15) is 0 Å². The number of nitrogens with two attached hydrogens (primary N) is 1. The Labute approximate surface area is 123 Å². The second-order valence-electron chi connectivity index (χ2n) is 5.27. The highest BCUT2D eigenvalue weighted by atomic mass is 32.1. The van der Waals surface area contributed by atoms with Crippen molar-refractivity contribution >= 4 is 22.9 Å². The Bertz CT molecular complexity index is 626. The lowest BCUT2D eigenvalue weighted by atomic mass is 10.1. The molecule has 0 fully saturated rings. The van der Waals surface area contributed by atoms with Crippen molar-refractivity contribution in [1.29, 1.82) is 0 Å². The predicted molar refractivity (Wildman–Crippen MR) is 83.0 cm³/mol. The third kappa shape index (κ3) is 2.43. The Balaban J connectivity index is 1.75. The number of thiophene rings is 1. The molecule has 0 saturated heterocycles. The number of benzene rings is 1. The van der Waals surface area contributed by atoms with Crippen LogP contribution in [0.4, 0.5) is 5.69 Å². The van der Waals surface area contributed by atoms with Gasteiger partial charge in [-0.05, 0) is 42.5 Å². The molecule has 1 aromatic heterocycles. The van der Waals surface area contributed by atoms with Crippen LogP contribution in [-0.2, 0) is 19.4 Å². The number of nitrogens with zero attached hydrogens (tertiary/aromatic N) is 1. The molecule has 1 aromatic carbocycles. The van der Waals surface area contributed by atoms with Crippen molar-refractivity contribution in [2.24, 2.45) is 0 Å². The molecule has 4 heteroatoms. The summed E-state index contributed by atoms with van der Waals surface area (Å²) in [6, 6.07) is 9.76. The number of fused-ring (bicyclic) bond motifs is 1. The van der Waals surface area contributed by atoms with Crippen molar-refractivity contribution < 1.29 is 4.79 Å². The van der Waals surface area contributed by atoms with E-state index in [1.54, 1.807) is 16.2 Å². The fourth-order valence-electron chi connectivity index (χ4n) is 2.63. The normalized spacial score (nSPS) is 13.2. The number of aryl methyl sites for hydroxylation is 2. The van der Waals surface area contributed by atoms with E-state index in [2.05, 4.69) is 6.07 Å². The first-order valence-electron chi connectivity index (χ1n) is 6.85. The summed E-state index contributed by atoms with van der Waals surface area (Å²) in [5, 5.41) is 0. The molecule has 1 amide bonds. The van der Waals surface area contributed by atoms with Gasteiger partial charge < -0.3 is 10.6 Å². The number of rotatable bonds is 3. The van der Waals surface area contributed by atoms with Crippen LogP contribution in [0, 0.1) is 0 Å². The fourth-order valence-corrected chi connectivity index (χ4v) is 3.88. The summed E-state index contributed by atoms with van der Waals surface area (Å²) >= 11 is 1.65. The number of hydrogen-bond acceptors (Lipinski definition) is 3. The molecular weight excluding hydrogens is 268 g/mol. The maximum absolute atomic E-state index is 12.5. The number of para-hydroxylation sites is 1. The summed E-state index contributed by atoms with van der Waals surface area (Å²) in [7, 11) is 1.83. The minimum atomic E-state index is 0.0904. The van der Waals surface area contributed by atoms with E-state index in [-0.39, 0.29) is 5.91 Å². The average Bonchev–Trinajstić information content (AvgIpc) is 3.01. The molecule has 1 heterocycles. The SMILES string of the molecule is CN(Cc1ccccc1N)C(=O)c1cc2c(s1)CCC2. The molecule has 0 bridgehead atoms. The number of anilines is 1. The number of carbonyl (C=O) groups is 1. The van der Waals surface area contributed by atoms with Crippen molar-refractivity contribution in [3.05, 3.63) is 51.2 Å². The molecule has 0 aliphatic heterocycles. The van der Waals surface area contributed by atoms with Crippen molar-refractivity contribution in [3.63, 3.8) is 0 Å². The fraction of sp³-hybridized carbons (Fsp3) is 0.312. The quantitative estimate of drug-likeness (QED) is 0.881. The lowest BCUT2D eigenvalue weighted by molar-refractivity contribution is 0.0790. The molecule has 0 spiro atoms. The highest BCUT2D eigenvalue weighted by Crippen LogP contribution is 2.31. The zero-order valence-corrected chi connectivity index (χ0v) is 12.4. The summed E-state index contributed by atoms with van der Waals surface area (Å²) in [6.45, 7) is 0.550. The molecule has 0 saturated carbocycles. The highest BCUT2D eigenvalue weighted by molar-refractivity contribution is 7.14. The van der Waals surface area contributed by atoms with Gasteiger partial charge in [-0.15, -0.1) is 11.3 Å². The topological polar surface area (TPSA) is 46.3 Å². The molecule has 0 atom stereocenters. The summed E-state index contributed by atoms with van der Waals surface area (Å²) in [4.78, 5) is 16.4. The molecule has 0 unspecified atom stereocenters. The van der Waals surface area contributed by atoms with Crippen LogP contribution in [0.3, 0.4) is 0 Å². The summed E-state index contributed by atoms with van der Waals surface area (Å²) in [6.07, 6.45) is 3.48. The first-order chi connectivity index (χ1) is 9.65. The van der Waals surface area contributed by atoms with Gasteiger partial charge in [0.15, 0.2) is 0 Å². The van der Waals surface area contributed by atoms with Crippen LogP contribution in [-0.4, -0.2) is 17.9 Å². The highest BCUT2D eigenvalue weighted by Gasteiger charge is 2.20. The van der Waals surface area contributed by atoms with Crippen LogP contribution in [0.25, 0.3) is 0 Å². The van der Waals surface area contributed by atoms with Crippen LogP contribution < -0.4 is 5.73 Å². The van der Waals surface area contributed by atoms with Crippen molar-refractivity contribution in [2.75, 3.05) is 12.8 Å². The lowest BCUT2D eigenvalue weighted by Crippen LogP contribution is -2.25. The number of carbonyl (C=O) groups excluding carboxylic acids is 1. The van der Waals surface area contributed by atoms with Crippen LogP contribution in [0.1, 0.15) is 32.1 Å². The molecule has 3 rings (SSSR count). The van der Waals surface area contributed by atoms with Gasteiger partial charge in [-0.3, -0.25) is 4.79 Å². The third-order valence-corrected chi connectivity index (χ3v) is 4.99. The maximum Gasteiger partial charge on any atom is 0.263 e. The van der Waals surface area contributed by atoms with Crippen molar-refractivity contribution in [2.45, 2.75) is 25.8 Å². The van der Waals surface area contributed by atoms with E-state index in [9.17, 15) is 4.79 Å². The second kappa shape index (κ2) is 5.29. The monoisotopic (exact) mass is 286 g/mol. The Morgan fingerprint density at radius 2 is 2.15 bits per heavy atom.